The molecule has 2 aliphatic rings. The van der Waals surface area contributed by atoms with Gasteiger partial charge in [0.2, 0.25) is 17.7 Å². The average molecular weight is 835 g/mol. The van der Waals surface area contributed by atoms with Crippen molar-refractivity contribution < 1.29 is 37.8 Å². The van der Waals surface area contributed by atoms with Crippen molar-refractivity contribution in [1.29, 1.82) is 0 Å². The zero-order valence-corrected chi connectivity index (χ0v) is 33.9. The predicted octanol–water partition coefficient (Wildman–Crippen LogP) is 2.12. The van der Waals surface area contributed by atoms with Gasteiger partial charge in [-0.15, -0.1) is 0 Å². The number of hydrogen-bond donors (Lipinski definition) is 8. The van der Waals surface area contributed by atoms with E-state index in [0.717, 1.165) is 62.4 Å². The van der Waals surface area contributed by atoms with Crippen LogP contribution in [-0.4, -0.2) is 110 Å². The van der Waals surface area contributed by atoms with Crippen molar-refractivity contribution in [2.45, 2.75) is 64.3 Å². The van der Waals surface area contributed by atoms with Gasteiger partial charge in [0.05, 0.1) is 6.61 Å². The Morgan fingerprint density at radius 3 is 2.25 bits per heavy atom. The number of ether oxygens (including phenoxy) is 1. The Morgan fingerprint density at radius 1 is 0.917 bits per heavy atom. The number of nitrogens with one attached hydrogen (secondary N) is 6. The minimum Gasteiger partial charge on any atom is -0.508 e. The second-order valence-corrected chi connectivity index (χ2v) is 14.6. The van der Waals surface area contributed by atoms with Crippen LogP contribution in [0.4, 0.5) is 13.6 Å². The second-order valence-electron chi connectivity index (χ2n) is 14.6. The summed E-state index contributed by atoms with van der Waals surface area (Å²) < 4.78 is 35.2. The Morgan fingerprint density at radius 2 is 1.58 bits per heavy atom. The lowest BCUT2D eigenvalue weighted by atomic mass is 10.0. The second kappa shape index (κ2) is 23.1. The molecule has 0 bridgehead atoms. The molecule has 0 aromatic heterocycles. The smallest absolute Gasteiger partial charge is 0.321 e. The fourth-order valence-electron chi connectivity index (χ4n) is 7.00. The Bertz CT molecular complexity index is 1900. The number of piperazine rings is 1. The fraction of sp³-hybridized carbons (Fsp3) is 0.452. The van der Waals surface area contributed by atoms with E-state index in [0.29, 0.717) is 37.4 Å². The van der Waals surface area contributed by atoms with Crippen molar-refractivity contribution in [3.8, 4) is 11.5 Å². The molecule has 2 heterocycles. The number of nitrogens with zero attached hydrogens (tertiary/aromatic N) is 3. The van der Waals surface area contributed by atoms with Crippen molar-refractivity contribution in [3.05, 3.63) is 94.6 Å². The number of phenolic OH excluding ortho intramolecular Hbond substituents is 1. The Balaban J connectivity index is 1.26. The summed E-state index contributed by atoms with van der Waals surface area (Å²) in [7, 11) is 0. The first kappa shape index (κ1) is 45.2. The van der Waals surface area contributed by atoms with Crippen LogP contribution in [0.5, 0.6) is 11.5 Å². The molecule has 0 radical (unpaired) electrons. The SMILES string of the molecule is CCC(=O)NCCNC(=O)NC(N)=NCCCC(NC(=O)C(c1ccc(OCCCN2CCNCC2)cc1)N1Cc2ccccc2C1)C(=O)NCc1c(F)cc(O)cc1F. The van der Waals surface area contributed by atoms with E-state index in [2.05, 4.69) is 41.8 Å². The third kappa shape index (κ3) is 13.9. The van der Waals surface area contributed by atoms with E-state index in [1.165, 1.54) is 0 Å². The van der Waals surface area contributed by atoms with Crippen LogP contribution in [0.15, 0.2) is 65.7 Å². The van der Waals surface area contributed by atoms with Gasteiger partial charge in [0.1, 0.15) is 35.2 Å². The van der Waals surface area contributed by atoms with Crippen LogP contribution in [0.2, 0.25) is 0 Å². The predicted molar refractivity (Wildman–Crippen MR) is 222 cm³/mol. The molecule has 3 aromatic carbocycles. The Labute approximate surface area is 348 Å². The average Bonchev–Trinajstić information content (AvgIpc) is 3.66. The first-order valence-electron chi connectivity index (χ1n) is 20.3. The van der Waals surface area contributed by atoms with Gasteiger partial charge in [-0.1, -0.05) is 43.3 Å². The molecular formula is C42H56F2N10O6. The maximum atomic E-state index is 14.6. The van der Waals surface area contributed by atoms with E-state index in [1.54, 1.807) is 6.92 Å². The van der Waals surface area contributed by atoms with Gasteiger partial charge >= 0.3 is 6.03 Å². The van der Waals surface area contributed by atoms with Crippen LogP contribution in [0.3, 0.4) is 0 Å². The summed E-state index contributed by atoms with van der Waals surface area (Å²) in [4.78, 5) is 60.3. The van der Waals surface area contributed by atoms with Gasteiger partial charge in [-0.3, -0.25) is 29.6 Å². The van der Waals surface area contributed by atoms with E-state index < -0.39 is 59.4 Å². The third-order valence-electron chi connectivity index (χ3n) is 10.2. The summed E-state index contributed by atoms with van der Waals surface area (Å²) in [5.74, 6) is -3.51. The number of fused-ring (bicyclic) bond motifs is 1. The molecule has 3 aromatic rings. The monoisotopic (exact) mass is 834 g/mol. The molecule has 2 atom stereocenters. The molecule has 2 unspecified atom stereocenters. The highest BCUT2D eigenvalue weighted by Gasteiger charge is 2.34. The standard InChI is InChI=1S/C42H56F2N10O6/c1-2-37(56)47-15-16-49-42(59)52-41(45)48-14-5-9-36(39(57)50-25-33-34(43)23-31(55)24-35(33)44)51-40(58)38(54-26-29-7-3-4-8-30(29)27-54)28-10-12-32(13-11-28)60-22-6-19-53-20-17-46-18-21-53/h3-4,7-8,10-13,23-24,36,38,46,55H,2,5-6,9,14-22,25-27H2,1H3,(H,47,56)(H,50,57)(H,51,58)(H4,45,48,49,52,59). The summed E-state index contributed by atoms with van der Waals surface area (Å²) in [6.07, 6.45) is 1.46. The zero-order valence-electron chi connectivity index (χ0n) is 33.9. The number of hydrogen-bond acceptors (Lipinski definition) is 10. The summed E-state index contributed by atoms with van der Waals surface area (Å²) in [6.45, 7) is 8.08. The van der Waals surface area contributed by atoms with E-state index in [9.17, 15) is 33.1 Å². The number of guanidine groups is 1. The van der Waals surface area contributed by atoms with Crippen LogP contribution in [-0.2, 0) is 34.0 Å². The van der Waals surface area contributed by atoms with Crippen LogP contribution in [0.1, 0.15) is 60.9 Å². The number of urea groups is 1. The van der Waals surface area contributed by atoms with Gasteiger partial charge in [-0.25, -0.2) is 13.6 Å². The lowest BCUT2D eigenvalue weighted by molar-refractivity contribution is -0.132. The van der Waals surface area contributed by atoms with E-state index >= 15 is 0 Å². The number of amides is 5. The first-order valence-corrected chi connectivity index (χ1v) is 20.3. The van der Waals surface area contributed by atoms with Gasteiger partial charge in [-0.2, -0.15) is 0 Å². The normalized spacial score (nSPS) is 15.3. The van der Waals surface area contributed by atoms with Crippen molar-refractivity contribution in [2.24, 2.45) is 10.7 Å². The number of halogens is 2. The van der Waals surface area contributed by atoms with Gasteiger partial charge in [0.25, 0.3) is 0 Å². The van der Waals surface area contributed by atoms with Crippen molar-refractivity contribution in [2.75, 3.05) is 59.0 Å². The molecule has 5 rings (SSSR count). The van der Waals surface area contributed by atoms with Crippen LogP contribution in [0.25, 0.3) is 0 Å². The molecule has 0 saturated carbocycles. The topological polar surface area (TPSA) is 215 Å². The summed E-state index contributed by atoms with van der Waals surface area (Å²) in [5.41, 5.74) is 8.27. The minimum atomic E-state index is -1.17. The molecule has 324 valence electrons. The molecular weight excluding hydrogens is 779 g/mol. The van der Waals surface area contributed by atoms with Gasteiger partial charge in [0, 0.05) is 96.1 Å². The highest BCUT2D eigenvalue weighted by molar-refractivity contribution is 5.95. The molecule has 18 heteroatoms. The molecule has 2 aliphatic heterocycles. The molecule has 5 amide bonds. The lowest BCUT2D eigenvalue weighted by Crippen LogP contribution is -2.50. The first-order chi connectivity index (χ1) is 29.0. The maximum absolute atomic E-state index is 14.6. The highest BCUT2D eigenvalue weighted by Crippen LogP contribution is 2.32. The van der Waals surface area contributed by atoms with Crippen LogP contribution >= 0.6 is 0 Å². The third-order valence-corrected chi connectivity index (χ3v) is 10.2. The van der Waals surface area contributed by atoms with Crippen LogP contribution < -0.4 is 42.4 Å². The lowest BCUT2D eigenvalue weighted by Gasteiger charge is -2.29. The number of carbonyl (C=O) groups is 4. The van der Waals surface area contributed by atoms with E-state index in [4.69, 9.17) is 10.5 Å². The zero-order chi connectivity index (χ0) is 42.9. The minimum absolute atomic E-state index is 0.0475. The number of phenols is 1. The number of nitrogens with two attached hydrogens (primary N) is 1. The largest absolute Gasteiger partial charge is 0.508 e. The number of aromatic hydroxyl groups is 1. The summed E-state index contributed by atoms with van der Waals surface area (Å²) in [6, 6.07) is 14.1. The number of benzene rings is 3. The molecule has 1 fully saturated rings. The Kier molecular flexibility index (Phi) is 17.4. The van der Waals surface area contributed by atoms with Crippen molar-refractivity contribution >= 4 is 29.7 Å². The number of rotatable bonds is 20. The van der Waals surface area contributed by atoms with Gasteiger partial charge in [0.15, 0.2) is 5.96 Å². The fourth-order valence-corrected chi connectivity index (χ4v) is 7.00. The maximum Gasteiger partial charge on any atom is 0.321 e. The van der Waals surface area contributed by atoms with Crippen LogP contribution in [0, 0.1) is 11.6 Å². The molecule has 16 nitrogen and oxygen atoms in total. The molecule has 1 saturated heterocycles. The Hall–Kier alpha value is -5.85. The molecule has 0 aliphatic carbocycles. The quantitative estimate of drug-likeness (QED) is 0.0472. The van der Waals surface area contributed by atoms with Gasteiger partial charge < -0.3 is 47.1 Å². The highest BCUT2D eigenvalue weighted by atomic mass is 19.1. The van der Waals surface area contributed by atoms with Gasteiger partial charge in [-0.05, 0) is 48.1 Å². The molecule has 9 N–H and O–H groups in total. The molecule has 0 spiro atoms. The summed E-state index contributed by atoms with van der Waals surface area (Å²) >= 11 is 0. The van der Waals surface area contributed by atoms with E-state index in [1.807, 2.05) is 53.4 Å². The van der Waals surface area contributed by atoms with E-state index in [-0.39, 0.29) is 44.3 Å². The molecule has 60 heavy (non-hydrogen) atoms. The van der Waals surface area contributed by atoms with Crippen molar-refractivity contribution in [3.63, 3.8) is 0 Å². The summed E-state index contributed by atoms with van der Waals surface area (Å²) in [5, 5.41) is 25.9. The van der Waals surface area contributed by atoms with Crippen molar-refractivity contribution in [1.82, 2.24) is 41.7 Å². The number of carbonyl (C=O) groups excluding carboxylic acids is 4. The number of aliphatic imine (C=N–C) groups is 1.